The number of nitrogens with one attached hydrogen (secondary N) is 2. The molecule has 2 aromatic carbocycles. The fourth-order valence-electron chi connectivity index (χ4n) is 2.73. The lowest BCUT2D eigenvalue weighted by molar-refractivity contribution is 0.0977. The minimum Gasteiger partial charge on any atom is -0.492 e. The molecule has 2 rings (SSSR count). The first-order valence-corrected chi connectivity index (χ1v) is 12.9. The van der Waals surface area contributed by atoms with Gasteiger partial charge in [-0.1, -0.05) is 26.2 Å². The third-order valence-electron chi connectivity index (χ3n) is 4.57. The molecule has 0 aromatic heterocycles. The number of carbonyl (C=O) groups is 1. The number of carbonyl (C=O) groups excluding carboxylic acids is 1. The number of unbranched alkanes of at least 4 members (excludes halogenated alkanes) is 3. The summed E-state index contributed by atoms with van der Waals surface area (Å²) < 4.78 is 31.9. The van der Waals surface area contributed by atoms with E-state index in [1.165, 1.54) is 39.1 Å². The maximum atomic E-state index is 12.5. The molecule has 0 unspecified atom stereocenters. The summed E-state index contributed by atoms with van der Waals surface area (Å²) in [6.45, 7) is 2.80. The van der Waals surface area contributed by atoms with E-state index < -0.39 is 10.0 Å². The standard InChI is InChI=1S/C22H28BrN3O4S2/c1-4-5-6-7-14-30-20-13-8-16(15-19(20)23)21(27)25-22(31)24-17-9-11-18(12-10-17)32(28,29)26(2)3/h8-13,15H,4-7,14H2,1-3H3,(H2,24,25,27,31). The minimum absolute atomic E-state index is 0.102. The highest BCUT2D eigenvalue weighted by Gasteiger charge is 2.17. The van der Waals surface area contributed by atoms with Gasteiger partial charge in [0.2, 0.25) is 10.0 Å². The molecule has 0 bridgehead atoms. The van der Waals surface area contributed by atoms with Crippen LogP contribution in [0.3, 0.4) is 0 Å². The first-order chi connectivity index (χ1) is 15.1. The average molecular weight is 543 g/mol. The van der Waals surface area contributed by atoms with Crippen LogP contribution in [-0.2, 0) is 10.0 Å². The summed E-state index contributed by atoms with van der Waals surface area (Å²) in [4.78, 5) is 12.7. The molecule has 1 amide bonds. The average Bonchev–Trinajstić information content (AvgIpc) is 2.74. The molecular weight excluding hydrogens is 514 g/mol. The normalized spacial score (nSPS) is 11.3. The molecule has 10 heteroatoms. The fraction of sp³-hybridized carbons (Fsp3) is 0.364. The number of nitrogens with zero attached hydrogens (tertiary/aromatic N) is 1. The van der Waals surface area contributed by atoms with Crippen LogP contribution < -0.4 is 15.4 Å². The molecule has 0 saturated heterocycles. The minimum atomic E-state index is -3.51. The highest BCUT2D eigenvalue weighted by Crippen LogP contribution is 2.26. The van der Waals surface area contributed by atoms with Gasteiger partial charge in [0.25, 0.3) is 5.91 Å². The number of benzene rings is 2. The molecule has 0 spiro atoms. The third kappa shape index (κ3) is 7.54. The van der Waals surface area contributed by atoms with E-state index in [1.807, 2.05) is 0 Å². The molecule has 174 valence electrons. The van der Waals surface area contributed by atoms with Gasteiger partial charge in [-0.25, -0.2) is 12.7 Å². The van der Waals surface area contributed by atoms with Crippen LogP contribution in [0.15, 0.2) is 51.8 Å². The lowest BCUT2D eigenvalue weighted by atomic mass is 10.2. The van der Waals surface area contributed by atoms with E-state index in [0.717, 1.165) is 17.1 Å². The number of anilines is 1. The van der Waals surface area contributed by atoms with E-state index in [9.17, 15) is 13.2 Å². The van der Waals surface area contributed by atoms with Crippen molar-refractivity contribution < 1.29 is 17.9 Å². The van der Waals surface area contributed by atoms with Crippen molar-refractivity contribution in [2.24, 2.45) is 0 Å². The Bertz CT molecular complexity index is 1040. The van der Waals surface area contributed by atoms with E-state index in [1.54, 1.807) is 30.3 Å². The highest BCUT2D eigenvalue weighted by molar-refractivity contribution is 9.10. The van der Waals surface area contributed by atoms with Gasteiger partial charge in [0.05, 0.1) is 16.0 Å². The maximum absolute atomic E-state index is 12.5. The van der Waals surface area contributed by atoms with Gasteiger partial charge in [-0.2, -0.15) is 0 Å². The second kappa shape index (κ2) is 12.3. The molecule has 0 radical (unpaired) electrons. The molecule has 0 atom stereocenters. The lowest BCUT2D eigenvalue weighted by Gasteiger charge is -2.13. The Kier molecular flexibility index (Phi) is 10.1. The Labute approximate surface area is 203 Å². The second-order valence-corrected chi connectivity index (χ2v) is 10.7. The van der Waals surface area contributed by atoms with Crippen LogP contribution in [0.1, 0.15) is 43.0 Å². The van der Waals surface area contributed by atoms with E-state index in [2.05, 4.69) is 33.5 Å². The molecule has 0 fully saturated rings. The number of sulfonamides is 1. The number of hydrogen-bond donors (Lipinski definition) is 2. The van der Waals surface area contributed by atoms with Gasteiger partial charge in [0, 0.05) is 25.3 Å². The van der Waals surface area contributed by atoms with Crippen LogP contribution in [0.25, 0.3) is 0 Å². The number of thiocarbonyl (C=S) groups is 1. The second-order valence-electron chi connectivity index (χ2n) is 7.27. The van der Waals surface area contributed by atoms with Gasteiger partial charge >= 0.3 is 0 Å². The summed E-state index contributed by atoms with van der Waals surface area (Å²) in [6, 6.07) is 11.2. The summed E-state index contributed by atoms with van der Waals surface area (Å²) in [7, 11) is -0.569. The SMILES string of the molecule is CCCCCCOc1ccc(C(=O)NC(=S)Nc2ccc(S(=O)(=O)N(C)C)cc2)cc1Br. The smallest absolute Gasteiger partial charge is 0.257 e. The molecule has 0 aliphatic carbocycles. The van der Waals surface area contributed by atoms with Crippen LogP contribution in [0.4, 0.5) is 5.69 Å². The molecule has 7 nitrogen and oxygen atoms in total. The summed E-state index contributed by atoms with van der Waals surface area (Å²) in [5.74, 6) is 0.316. The summed E-state index contributed by atoms with van der Waals surface area (Å²) in [5.41, 5.74) is 0.979. The van der Waals surface area contributed by atoms with Crippen LogP contribution >= 0.6 is 28.1 Å². The van der Waals surface area contributed by atoms with Crippen molar-refractivity contribution in [1.29, 1.82) is 0 Å². The van der Waals surface area contributed by atoms with E-state index in [0.29, 0.717) is 28.1 Å². The van der Waals surface area contributed by atoms with Crippen molar-refractivity contribution in [2.75, 3.05) is 26.0 Å². The Balaban J connectivity index is 1.92. The number of rotatable bonds is 10. The van der Waals surface area contributed by atoms with Crippen molar-refractivity contribution in [3.05, 3.63) is 52.5 Å². The molecule has 0 heterocycles. The van der Waals surface area contributed by atoms with E-state index in [-0.39, 0.29) is 15.9 Å². The number of halogens is 1. The first-order valence-electron chi connectivity index (χ1n) is 10.2. The largest absolute Gasteiger partial charge is 0.492 e. The topological polar surface area (TPSA) is 87.7 Å². The van der Waals surface area contributed by atoms with Crippen molar-refractivity contribution >= 4 is 54.9 Å². The third-order valence-corrected chi connectivity index (χ3v) is 7.22. The predicted octanol–water partition coefficient (Wildman–Crippen LogP) is 4.79. The van der Waals surface area contributed by atoms with Crippen LogP contribution in [0, 0.1) is 0 Å². The van der Waals surface area contributed by atoms with E-state index in [4.69, 9.17) is 17.0 Å². The number of ether oxygens (including phenoxy) is 1. The van der Waals surface area contributed by atoms with E-state index >= 15 is 0 Å². The van der Waals surface area contributed by atoms with Crippen LogP contribution in [-0.4, -0.2) is 44.4 Å². The summed E-state index contributed by atoms with van der Waals surface area (Å²) >= 11 is 8.65. The fourth-order valence-corrected chi connectivity index (χ4v) is 4.33. The zero-order valence-electron chi connectivity index (χ0n) is 18.4. The Hall–Kier alpha value is -2.01. The zero-order chi connectivity index (χ0) is 23.7. The molecule has 0 saturated carbocycles. The van der Waals surface area contributed by atoms with Gasteiger partial charge < -0.3 is 10.1 Å². The zero-order valence-corrected chi connectivity index (χ0v) is 21.6. The quantitative estimate of drug-likeness (QED) is 0.332. The van der Waals surface area contributed by atoms with Crippen LogP contribution in [0.2, 0.25) is 0 Å². The summed E-state index contributed by atoms with van der Waals surface area (Å²) in [6.07, 6.45) is 4.49. The van der Waals surface area contributed by atoms with Crippen molar-refractivity contribution in [2.45, 2.75) is 37.5 Å². The molecule has 32 heavy (non-hydrogen) atoms. The predicted molar refractivity (Wildman–Crippen MR) is 135 cm³/mol. The number of amides is 1. The van der Waals surface area contributed by atoms with Gasteiger partial charge in [0.15, 0.2) is 5.11 Å². The van der Waals surface area contributed by atoms with Gasteiger partial charge in [0.1, 0.15) is 5.75 Å². The highest BCUT2D eigenvalue weighted by atomic mass is 79.9. The molecule has 0 aliphatic heterocycles. The van der Waals surface area contributed by atoms with Crippen molar-refractivity contribution in [3.8, 4) is 5.75 Å². The first kappa shape index (κ1) is 26.2. The molecule has 2 aromatic rings. The molecule has 2 N–H and O–H groups in total. The Morgan fingerprint density at radius 3 is 2.38 bits per heavy atom. The van der Waals surface area contributed by atoms with Gasteiger partial charge in [-0.3, -0.25) is 10.1 Å². The van der Waals surface area contributed by atoms with Gasteiger partial charge in [-0.15, -0.1) is 0 Å². The van der Waals surface area contributed by atoms with Gasteiger partial charge in [-0.05, 0) is 77.0 Å². The van der Waals surface area contributed by atoms with Crippen molar-refractivity contribution in [1.82, 2.24) is 9.62 Å². The Morgan fingerprint density at radius 2 is 1.78 bits per heavy atom. The monoisotopic (exact) mass is 541 g/mol. The van der Waals surface area contributed by atoms with Crippen molar-refractivity contribution in [3.63, 3.8) is 0 Å². The number of hydrogen-bond acceptors (Lipinski definition) is 5. The molecule has 0 aliphatic rings. The summed E-state index contributed by atoms with van der Waals surface area (Å²) in [5, 5.41) is 5.59. The molecular formula is C22H28BrN3O4S2. The van der Waals surface area contributed by atoms with Crippen LogP contribution in [0.5, 0.6) is 5.75 Å². The lowest BCUT2D eigenvalue weighted by Crippen LogP contribution is -2.34. The maximum Gasteiger partial charge on any atom is 0.257 e. The Morgan fingerprint density at radius 1 is 1.09 bits per heavy atom.